The van der Waals surface area contributed by atoms with Crippen LogP contribution in [-0.4, -0.2) is 40.2 Å². The van der Waals surface area contributed by atoms with Gasteiger partial charge in [-0.05, 0) is 53.9 Å². The number of fused-ring (bicyclic) bond motifs is 1. The summed E-state index contributed by atoms with van der Waals surface area (Å²) in [5.41, 5.74) is 5.30. The van der Waals surface area contributed by atoms with E-state index in [1.165, 1.54) is 11.3 Å². The molecule has 0 spiro atoms. The molecule has 5 nitrogen and oxygen atoms in total. The molecule has 166 valence electrons. The van der Waals surface area contributed by atoms with E-state index < -0.39 is 0 Å². The molecular formula is C26H28ClN3O2. The molecule has 0 aromatic heterocycles. The summed E-state index contributed by atoms with van der Waals surface area (Å²) in [6.45, 7) is 1.37. The zero-order chi connectivity index (χ0) is 22.7. The maximum atomic E-state index is 13.0. The van der Waals surface area contributed by atoms with E-state index in [-0.39, 0.29) is 11.9 Å². The van der Waals surface area contributed by atoms with Crippen LogP contribution in [0.4, 0.5) is 11.4 Å². The third-order valence-electron chi connectivity index (χ3n) is 5.96. The number of anilines is 2. The van der Waals surface area contributed by atoms with Crippen molar-refractivity contribution in [3.05, 3.63) is 88.4 Å². The molecule has 0 saturated carbocycles. The predicted molar refractivity (Wildman–Crippen MR) is 131 cm³/mol. The number of nitrogens with zero attached hydrogens (tertiary/aromatic N) is 2. The Morgan fingerprint density at radius 1 is 1.12 bits per heavy atom. The fraction of sp³-hybridized carbons (Fsp3) is 0.269. The summed E-state index contributed by atoms with van der Waals surface area (Å²) in [5.74, 6) is 0.303. The van der Waals surface area contributed by atoms with Crippen LogP contribution in [0.3, 0.4) is 0 Å². The van der Waals surface area contributed by atoms with E-state index in [1.807, 2.05) is 14.1 Å². The number of nitrogens with one attached hydrogen (secondary N) is 1. The molecule has 1 N–H and O–H groups in total. The van der Waals surface area contributed by atoms with Crippen molar-refractivity contribution in [2.75, 3.05) is 44.1 Å². The normalized spacial score (nSPS) is 13.4. The molecule has 0 bridgehead atoms. The molecule has 1 amide bonds. The SMILES string of the molecule is COc1ccc(Cl)cc1C(=O)NC[C@H](c1ccc(N(C)C)cc1)N1CCc2ccccc21. The largest absolute Gasteiger partial charge is 0.496 e. The van der Waals surface area contributed by atoms with Crippen molar-refractivity contribution in [3.8, 4) is 5.75 Å². The lowest BCUT2D eigenvalue weighted by atomic mass is 10.0. The van der Waals surface area contributed by atoms with Crippen LogP contribution in [0.1, 0.15) is 27.5 Å². The lowest BCUT2D eigenvalue weighted by Gasteiger charge is -2.31. The average Bonchev–Trinajstić information content (AvgIpc) is 3.23. The summed E-state index contributed by atoms with van der Waals surface area (Å²) < 4.78 is 5.36. The molecule has 32 heavy (non-hydrogen) atoms. The quantitative estimate of drug-likeness (QED) is 0.554. The molecule has 1 heterocycles. The fourth-order valence-electron chi connectivity index (χ4n) is 4.23. The van der Waals surface area contributed by atoms with Gasteiger partial charge in [-0.3, -0.25) is 4.79 Å². The first-order valence-electron chi connectivity index (χ1n) is 10.7. The highest BCUT2D eigenvalue weighted by atomic mass is 35.5. The van der Waals surface area contributed by atoms with Gasteiger partial charge in [0.1, 0.15) is 5.75 Å². The Kier molecular flexibility index (Phi) is 6.56. The molecule has 4 rings (SSSR count). The highest BCUT2D eigenvalue weighted by molar-refractivity contribution is 6.31. The number of ether oxygens (including phenoxy) is 1. The van der Waals surface area contributed by atoms with Gasteiger partial charge in [0.05, 0.1) is 18.7 Å². The van der Waals surface area contributed by atoms with Gasteiger partial charge < -0.3 is 19.9 Å². The van der Waals surface area contributed by atoms with Crippen molar-refractivity contribution >= 4 is 28.9 Å². The van der Waals surface area contributed by atoms with Crippen LogP contribution < -0.4 is 19.9 Å². The van der Waals surface area contributed by atoms with E-state index in [2.05, 4.69) is 63.6 Å². The number of methoxy groups -OCH3 is 1. The number of para-hydroxylation sites is 1. The van der Waals surface area contributed by atoms with Crippen molar-refractivity contribution < 1.29 is 9.53 Å². The molecule has 0 aliphatic carbocycles. The second-order valence-corrected chi connectivity index (χ2v) is 8.56. The van der Waals surface area contributed by atoms with Gasteiger partial charge in [-0.25, -0.2) is 0 Å². The molecule has 1 aliphatic heterocycles. The Morgan fingerprint density at radius 3 is 2.59 bits per heavy atom. The number of halogens is 1. The lowest BCUT2D eigenvalue weighted by molar-refractivity contribution is 0.0948. The number of carbonyl (C=O) groups is 1. The second kappa shape index (κ2) is 9.53. The first-order valence-corrected chi connectivity index (χ1v) is 11.1. The number of hydrogen-bond donors (Lipinski definition) is 1. The molecule has 3 aromatic rings. The summed E-state index contributed by atoms with van der Waals surface area (Å²) in [7, 11) is 5.61. The van der Waals surface area contributed by atoms with E-state index >= 15 is 0 Å². The van der Waals surface area contributed by atoms with Gasteiger partial charge in [0.25, 0.3) is 5.91 Å². The highest BCUT2D eigenvalue weighted by Gasteiger charge is 2.28. The maximum absolute atomic E-state index is 13.0. The maximum Gasteiger partial charge on any atom is 0.255 e. The minimum atomic E-state index is -0.202. The van der Waals surface area contributed by atoms with Crippen LogP contribution in [0.25, 0.3) is 0 Å². The van der Waals surface area contributed by atoms with E-state index in [0.717, 1.165) is 24.2 Å². The zero-order valence-corrected chi connectivity index (χ0v) is 19.4. The second-order valence-electron chi connectivity index (χ2n) is 8.13. The summed E-state index contributed by atoms with van der Waals surface area (Å²) in [4.78, 5) is 17.5. The number of carbonyl (C=O) groups excluding carboxylic acids is 1. The Labute approximate surface area is 194 Å². The Balaban J connectivity index is 1.62. The van der Waals surface area contributed by atoms with Crippen molar-refractivity contribution in [2.24, 2.45) is 0 Å². The topological polar surface area (TPSA) is 44.8 Å². The van der Waals surface area contributed by atoms with E-state index in [9.17, 15) is 4.79 Å². The van der Waals surface area contributed by atoms with Crippen LogP contribution in [0.2, 0.25) is 5.02 Å². The van der Waals surface area contributed by atoms with E-state index in [4.69, 9.17) is 16.3 Å². The van der Waals surface area contributed by atoms with Crippen molar-refractivity contribution in [2.45, 2.75) is 12.5 Å². The van der Waals surface area contributed by atoms with Crippen molar-refractivity contribution in [1.82, 2.24) is 5.32 Å². The van der Waals surface area contributed by atoms with Gasteiger partial charge in [0.2, 0.25) is 0 Å². The highest BCUT2D eigenvalue weighted by Crippen LogP contribution is 2.35. The molecule has 0 saturated heterocycles. The molecule has 1 atom stereocenters. The van der Waals surface area contributed by atoms with Gasteiger partial charge in [-0.15, -0.1) is 0 Å². The van der Waals surface area contributed by atoms with E-state index in [0.29, 0.717) is 22.9 Å². The smallest absolute Gasteiger partial charge is 0.255 e. The number of amides is 1. The van der Waals surface area contributed by atoms with Gasteiger partial charge in [-0.1, -0.05) is 41.9 Å². The molecular weight excluding hydrogens is 422 g/mol. The van der Waals surface area contributed by atoms with Gasteiger partial charge in [0.15, 0.2) is 0 Å². The van der Waals surface area contributed by atoms with Crippen LogP contribution in [0.5, 0.6) is 5.75 Å². The first kappa shape index (κ1) is 22.0. The summed E-state index contributed by atoms with van der Waals surface area (Å²) in [6.07, 6.45) is 0.999. The number of rotatable bonds is 7. The molecule has 0 fully saturated rings. The monoisotopic (exact) mass is 449 g/mol. The summed E-state index contributed by atoms with van der Waals surface area (Å²) in [5, 5.41) is 3.62. The number of hydrogen-bond acceptors (Lipinski definition) is 4. The van der Waals surface area contributed by atoms with Gasteiger partial charge >= 0.3 is 0 Å². The van der Waals surface area contributed by atoms with Crippen LogP contribution in [0, 0.1) is 0 Å². The number of benzene rings is 3. The molecule has 3 aromatic carbocycles. The first-order chi connectivity index (χ1) is 15.5. The minimum Gasteiger partial charge on any atom is -0.496 e. The van der Waals surface area contributed by atoms with Gasteiger partial charge in [0, 0.05) is 43.6 Å². The summed E-state index contributed by atoms with van der Waals surface area (Å²) in [6, 6.07) is 22.1. The van der Waals surface area contributed by atoms with Crippen molar-refractivity contribution in [1.29, 1.82) is 0 Å². The predicted octanol–water partition coefficient (Wildman–Crippen LogP) is 4.95. The molecule has 6 heteroatoms. The molecule has 1 aliphatic rings. The minimum absolute atomic E-state index is 0.00370. The van der Waals surface area contributed by atoms with Crippen LogP contribution in [0.15, 0.2) is 66.7 Å². The Hall–Kier alpha value is -3.18. The zero-order valence-electron chi connectivity index (χ0n) is 18.6. The molecule has 0 unspecified atom stereocenters. The van der Waals surface area contributed by atoms with Crippen LogP contribution >= 0.6 is 11.6 Å². The van der Waals surface area contributed by atoms with Gasteiger partial charge in [-0.2, -0.15) is 0 Å². The average molecular weight is 450 g/mol. The third-order valence-corrected chi connectivity index (χ3v) is 6.19. The van der Waals surface area contributed by atoms with Crippen molar-refractivity contribution in [3.63, 3.8) is 0 Å². The van der Waals surface area contributed by atoms with E-state index in [1.54, 1.807) is 25.3 Å². The summed E-state index contributed by atoms with van der Waals surface area (Å²) >= 11 is 6.13. The lowest BCUT2D eigenvalue weighted by Crippen LogP contribution is -2.37. The van der Waals surface area contributed by atoms with Crippen LogP contribution in [-0.2, 0) is 6.42 Å². The fourth-order valence-corrected chi connectivity index (χ4v) is 4.40. The molecule has 0 radical (unpaired) electrons. The Morgan fingerprint density at radius 2 is 1.88 bits per heavy atom. The third kappa shape index (κ3) is 4.53. The standard InChI is InChI=1S/C26H28ClN3O2/c1-29(2)21-11-8-19(9-12-21)24(30-15-14-18-6-4-5-7-23(18)30)17-28-26(31)22-16-20(27)10-13-25(22)32-3/h4-13,16,24H,14-15,17H2,1-3H3,(H,28,31)/t24-/m1/s1. The Bertz CT molecular complexity index is 1100.